The van der Waals surface area contributed by atoms with Gasteiger partial charge in [-0.1, -0.05) is 25.4 Å². The van der Waals surface area contributed by atoms with Gasteiger partial charge in [0.05, 0.1) is 5.02 Å². The maximum absolute atomic E-state index is 6.15. The largest absolute Gasteiger partial charge is 0.365 e. The van der Waals surface area contributed by atoms with E-state index in [0.29, 0.717) is 17.0 Å². The van der Waals surface area contributed by atoms with Crippen LogP contribution in [0.15, 0.2) is 16.7 Å². The van der Waals surface area contributed by atoms with Gasteiger partial charge in [0.1, 0.15) is 5.82 Å². The van der Waals surface area contributed by atoms with E-state index in [1.165, 1.54) is 0 Å². The zero-order valence-corrected chi connectivity index (χ0v) is 13.0. The number of nitrogens with one attached hydrogen (secondary N) is 1. The summed E-state index contributed by atoms with van der Waals surface area (Å²) >= 11 is 9.49. The molecule has 0 bridgehead atoms. The molecule has 3 nitrogen and oxygen atoms in total. The molecule has 1 aromatic heterocycles. The van der Waals surface area contributed by atoms with Gasteiger partial charge in [-0.2, -0.15) is 0 Å². The van der Waals surface area contributed by atoms with E-state index in [-0.39, 0.29) is 0 Å². The van der Waals surface area contributed by atoms with Crippen molar-refractivity contribution < 1.29 is 0 Å². The number of aromatic nitrogens is 1. The SMILES string of the molecule is CC(C)C(CN(C)C)Nc1ncc(Br)cc1Cl. The van der Waals surface area contributed by atoms with E-state index < -0.39 is 0 Å². The lowest BCUT2D eigenvalue weighted by atomic mass is 10.0. The number of hydrogen-bond acceptors (Lipinski definition) is 3. The van der Waals surface area contributed by atoms with E-state index >= 15 is 0 Å². The lowest BCUT2D eigenvalue weighted by Gasteiger charge is -2.26. The fraction of sp³-hybridized carbons (Fsp3) is 0.583. The zero-order valence-electron chi connectivity index (χ0n) is 10.7. The van der Waals surface area contributed by atoms with Crippen molar-refractivity contribution in [3.63, 3.8) is 0 Å². The Balaban J connectivity index is 2.78. The van der Waals surface area contributed by atoms with Gasteiger partial charge in [0, 0.05) is 23.3 Å². The monoisotopic (exact) mass is 319 g/mol. The van der Waals surface area contributed by atoms with Crippen molar-refractivity contribution in [1.82, 2.24) is 9.88 Å². The highest BCUT2D eigenvalue weighted by molar-refractivity contribution is 9.10. The zero-order chi connectivity index (χ0) is 13.0. The van der Waals surface area contributed by atoms with E-state index in [9.17, 15) is 0 Å². The molecule has 5 heteroatoms. The van der Waals surface area contributed by atoms with Crippen molar-refractivity contribution in [3.05, 3.63) is 21.8 Å². The van der Waals surface area contributed by atoms with Crippen LogP contribution in [0.2, 0.25) is 5.02 Å². The third kappa shape index (κ3) is 4.82. The average molecular weight is 321 g/mol. The van der Waals surface area contributed by atoms with Crippen LogP contribution in [0, 0.1) is 5.92 Å². The number of rotatable bonds is 5. The third-order valence-corrected chi connectivity index (χ3v) is 3.22. The molecular formula is C12H19BrClN3. The Bertz CT molecular complexity index is 369. The second-order valence-corrected chi connectivity index (χ2v) is 6.06. The van der Waals surface area contributed by atoms with Gasteiger partial charge in [-0.05, 0) is 42.0 Å². The minimum Gasteiger partial charge on any atom is -0.365 e. The number of hydrogen-bond donors (Lipinski definition) is 1. The summed E-state index contributed by atoms with van der Waals surface area (Å²) in [5, 5.41) is 4.04. The fourth-order valence-corrected chi connectivity index (χ4v) is 2.20. The predicted octanol–water partition coefficient (Wildman–Crippen LogP) is 3.50. The number of nitrogens with zero attached hydrogens (tertiary/aromatic N) is 2. The molecule has 1 unspecified atom stereocenters. The van der Waals surface area contributed by atoms with Gasteiger partial charge in [-0.3, -0.25) is 0 Å². The molecule has 0 saturated heterocycles. The van der Waals surface area contributed by atoms with Crippen LogP contribution < -0.4 is 5.32 Å². The summed E-state index contributed by atoms with van der Waals surface area (Å²) in [5.74, 6) is 1.26. The first-order valence-electron chi connectivity index (χ1n) is 5.62. The molecule has 0 saturated carbocycles. The highest BCUT2D eigenvalue weighted by Gasteiger charge is 2.16. The summed E-state index contributed by atoms with van der Waals surface area (Å²) in [6.45, 7) is 5.33. The molecule has 0 aliphatic rings. The first-order chi connectivity index (χ1) is 7.90. The maximum Gasteiger partial charge on any atom is 0.145 e. The standard InChI is InChI=1S/C12H19BrClN3/c1-8(2)11(7-17(3)4)16-12-10(14)5-9(13)6-15-12/h5-6,8,11H,7H2,1-4H3,(H,15,16). The summed E-state index contributed by atoms with van der Waals surface area (Å²) in [5.41, 5.74) is 0. The van der Waals surface area contributed by atoms with E-state index in [1.807, 2.05) is 6.07 Å². The van der Waals surface area contributed by atoms with Crippen LogP contribution in [0.3, 0.4) is 0 Å². The van der Waals surface area contributed by atoms with Crippen molar-refractivity contribution >= 4 is 33.3 Å². The first-order valence-corrected chi connectivity index (χ1v) is 6.79. The van der Waals surface area contributed by atoms with Crippen LogP contribution in [0.5, 0.6) is 0 Å². The Morgan fingerprint density at radius 3 is 2.59 bits per heavy atom. The molecule has 0 aliphatic carbocycles. The van der Waals surface area contributed by atoms with Gasteiger partial charge in [-0.15, -0.1) is 0 Å². The van der Waals surface area contributed by atoms with Crippen LogP contribution in [0.25, 0.3) is 0 Å². The van der Waals surface area contributed by atoms with Crippen LogP contribution >= 0.6 is 27.5 Å². The topological polar surface area (TPSA) is 28.2 Å². The molecule has 0 amide bonds. The Labute approximate surface area is 117 Å². The second-order valence-electron chi connectivity index (χ2n) is 4.74. The van der Waals surface area contributed by atoms with Gasteiger partial charge in [0.15, 0.2) is 0 Å². The summed E-state index contributed by atoms with van der Waals surface area (Å²) < 4.78 is 0.891. The van der Waals surface area contributed by atoms with Gasteiger partial charge >= 0.3 is 0 Å². The number of likely N-dealkylation sites (N-methyl/N-ethyl adjacent to an activating group) is 1. The highest BCUT2D eigenvalue weighted by Crippen LogP contribution is 2.24. The minimum absolute atomic E-state index is 0.330. The summed E-state index contributed by atoms with van der Waals surface area (Å²) in [7, 11) is 4.13. The molecule has 17 heavy (non-hydrogen) atoms. The number of anilines is 1. The van der Waals surface area contributed by atoms with Crippen LogP contribution in [-0.4, -0.2) is 36.6 Å². The molecule has 0 fully saturated rings. The van der Waals surface area contributed by atoms with Crippen molar-refractivity contribution in [2.75, 3.05) is 26.0 Å². The van der Waals surface area contributed by atoms with E-state index in [4.69, 9.17) is 11.6 Å². The smallest absolute Gasteiger partial charge is 0.145 e. The van der Waals surface area contributed by atoms with Crippen molar-refractivity contribution in [1.29, 1.82) is 0 Å². The molecule has 1 rings (SSSR count). The fourth-order valence-electron chi connectivity index (χ4n) is 1.51. The molecule has 1 aromatic rings. The van der Waals surface area contributed by atoms with Gasteiger partial charge in [0.25, 0.3) is 0 Å². The Morgan fingerprint density at radius 2 is 2.12 bits per heavy atom. The normalized spacial score (nSPS) is 13.2. The summed E-state index contributed by atoms with van der Waals surface area (Å²) in [6.07, 6.45) is 1.75. The first kappa shape index (κ1) is 14.7. The quantitative estimate of drug-likeness (QED) is 0.900. The molecule has 0 radical (unpaired) electrons. The molecule has 1 atom stereocenters. The molecule has 1 heterocycles. The van der Waals surface area contributed by atoms with Crippen LogP contribution in [0.4, 0.5) is 5.82 Å². The summed E-state index contributed by atoms with van der Waals surface area (Å²) in [4.78, 5) is 6.46. The Morgan fingerprint density at radius 1 is 1.47 bits per heavy atom. The second kappa shape index (κ2) is 6.57. The van der Waals surface area contributed by atoms with Crippen molar-refractivity contribution in [2.45, 2.75) is 19.9 Å². The highest BCUT2D eigenvalue weighted by atomic mass is 79.9. The van der Waals surface area contributed by atoms with Gasteiger partial charge in [0.2, 0.25) is 0 Å². The van der Waals surface area contributed by atoms with Crippen LogP contribution in [-0.2, 0) is 0 Å². The van der Waals surface area contributed by atoms with Gasteiger partial charge in [-0.25, -0.2) is 4.98 Å². The van der Waals surface area contributed by atoms with E-state index in [0.717, 1.165) is 16.8 Å². The van der Waals surface area contributed by atoms with E-state index in [1.54, 1.807) is 6.20 Å². The average Bonchev–Trinajstić information content (AvgIpc) is 2.19. The Kier molecular flexibility index (Phi) is 5.70. The molecular weight excluding hydrogens is 302 g/mol. The Hall–Kier alpha value is -0.320. The molecule has 0 aromatic carbocycles. The molecule has 1 N–H and O–H groups in total. The van der Waals surface area contributed by atoms with Crippen molar-refractivity contribution in [3.8, 4) is 0 Å². The lowest BCUT2D eigenvalue weighted by Crippen LogP contribution is -2.36. The lowest BCUT2D eigenvalue weighted by molar-refractivity contribution is 0.344. The maximum atomic E-state index is 6.15. The molecule has 0 spiro atoms. The number of halogens is 2. The number of pyridine rings is 1. The predicted molar refractivity (Wildman–Crippen MR) is 77.7 cm³/mol. The minimum atomic E-state index is 0.330. The molecule has 96 valence electrons. The van der Waals surface area contributed by atoms with Crippen LogP contribution in [0.1, 0.15) is 13.8 Å². The molecule has 0 aliphatic heterocycles. The van der Waals surface area contributed by atoms with Gasteiger partial charge < -0.3 is 10.2 Å². The summed E-state index contributed by atoms with van der Waals surface area (Å²) in [6, 6.07) is 2.18. The third-order valence-electron chi connectivity index (χ3n) is 2.50. The van der Waals surface area contributed by atoms with Crippen molar-refractivity contribution in [2.24, 2.45) is 5.92 Å². The van der Waals surface area contributed by atoms with E-state index in [2.05, 4.69) is 59.1 Å².